The minimum Gasteiger partial charge on any atom is -0.364 e. The number of aromatic nitrogens is 6. The smallest absolute Gasteiger partial charge is 0.364 e. The van der Waals surface area contributed by atoms with E-state index in [2.05, 4.69) is 15.2 Å². The van der Waals surface area contributed by atoms with E-state index in [4.69, 9.17) is 16.1 Å². The maximum absolute atomic E-state index is 13.4. The van der Waals surface area contributed by atoms with Crippen LogP contribution < -0.4 is 11.2 Å². The van der Waals surface area contributed by atoms with Gasteiger partial charge < -0.3 is 4.52 Å². The molecular formula is C22H14ClF3N6O3. The topological polar surface area (TPSA) is 100 Å². The molecule has 0 atom stereocenters. The van der Waals surface area contributed by atoms with Crippen molar-refractivity contribution >= 4 is 17.2 Å². The zero-order chi connectivity index (χ0) is 24.9. The molecule has 0 aliphatic heterocycles. The molecule has 0 aliphatic carbocycles. The van der Waals surface area contributed by atoms with Crippen molar-refractivity contribution in [3.05, 3.63) is 92.2 Å². The largest absolute Gasteiger partial charge is 0.433 e. The van der Waals surface area contributed by atoms with E-state index in [-0.39, 0.29) is 17.8 Å². The van der Waals surface area contributed by atoms with E-state index >= 15 is 0 Å². The Morgan fingerprint density at radius 2 is 1.74 bits per heavy atom. The van der Waals surface area contributed by atoms with Gasteiger partial charge in [0.2, 0.25) is 0 Å². The van der Waals surface area contributed by atoms with Crippen molar-refractivity contribution in [3.63, 3.8) is 0 Å². The number of hydrogen-bond donors (Lipinski definition) is 0. The highest BCUT2D eigenvalue weighted by Crippen LogP contribution is 2.32. The summed E-state index contributed by atoms with van der Waals surface area (Å²) in [6, 6.07) is 8.62. The summed E-state index contributed by atoms with van der Waals surface area (Å²) < 4.78 is 46.7. The van der Waals surface area contributed by atoms with Gasteiger partial charge in [-0.1, -0.05) is 35.0 Å². The Balaban J connectivity index is 1.73. The molecule has 0 radical (unpaired) electrons. The second-order valence-corrected chi connectivity index (χ2v) is 8.06. The van der Waals surface area contributed by atoms with Crippen LogP contribution in [0.15, 0.2) is 69.2 Å². The number of hydrogen-bond acceptors (Lipinski definition) is 6. The molecule has 0 amide bonds. The maximum atomic E-state index is 13.4. The molecule has 5 rings (SSSR count). The molecule has 0 unspecified atom stereocenters. The Hall–Kier alpha value is -4.19. The minimum atomic E-state index is -4.58. The molecule has 178 valence electrons. The molecule has 13 heteroatoms. The normalized spacial score (nSPS) is 11.9. The average molecular weight is 503 g/mol. The van der Waals surface area contributed by atoms with Crippen molar-refractivity contribution in [1.82, 2.24) is 29.1 Å². The highest BCUT2D eigenvalue weighted by molar-refractivity contribution is 6.30. The Morgan fingerprint density at radius 1 is 1.00 bits per heavy atom. The van der Waals surface area contributed by atoms with Crippen LogP contribution in [-0.4, -0.2) is 29.1 Å². The second-order valence-electron chi connectivity index (χ2n) is 7.62. The molecule has 0 spiro atoms. The first-order valence-electron chi connectivity index (χ1n) is 10.1. The lowest BCUT2D eigenvalue weighted by Gasteiger charge is -2.11. The van der Waals surface area contributed by atoms with Gasteiger partial charge in [-0.2, -0.15) is 17.7 Å². The van der Waals surface area contributed by atoms with Crippen LogP contribution in [-0.2, 0) is 19.8 Å². The zero-order valence-corrected chi connectivity index (χ0v) is 18.6. The van der Waals surface area contributed by atoms with E-state index in [1.807, 2.05) is 0 Å². The third-order valence-electron chi connectivity index (χ3n) is 5.40. The standard InChI is InChI=1S/C22H14ClF3N6O3/c1-30-20(33)18(13-3-5-15(23)6-4-13)17(14-9-28-35-11-14)19-29-31(21(34)32(19)30)10-12-2-7-16(27-8-12)22(24,25)26/h2-9,11H,10H2,1H3. The van der Waals surface area contributed by atoms with Gasteiger partial charge in [-0.05, 0) is 29.3 Å². The van der Waals surface area contributed by atoms with Crippen LogP contribution in [0.2, 0.25) is 5.02 Å². The molecule has 1 aromatic carbocycles. The summed E-state index contributed by atoms with van der Waals surface area (Å²) in [7, 11) is 1.42. The van der Waals surface area contributed by atoms with Crippen molar-refractivity contribution in [3.8, 4) is 22.3 Å². The number of benzene rings is 1. The van der Waals surface area contributed by atoms with E-state index < -0.39 is 23.1 Å². The molecule has 0 fully saturated rings. The summed E-state index contributed by atoms with van der Waals surface area (Å²) in [4.78, 5) is 30.0. The van der Waals surface area contributed by atoms with Crippen molar-refractivity contribution < 1.29 is 17.7 Å². The Labute approximate surface area is 198 Å². The Kier molecular flexibility index (Phi) is 5.32. The Morgan fingerprint density at radius 3 is 2.34 bits per heavy atom. The lowest BCUT2D eigenvalue weighted by Crippen LogP contribution is -2.33. The van der Waals surface area contributed by atoms with Crippen LogP contribution in [0.4, 0.5) is 13.2 Å². The lowest BCUT2D eigenvalue weighted by atomic mass is 9.99. The van der Waals surface area contributed by atoms with Gasteiger partial charge in [0, 0.05) is 29.4 Å². The molecule has 0 bridgehead atoms. The first-order chi connectivity index (χ1) is 16.6. The van der Waals surface area contributed by atoms with Gasteiger partial charge in [-0.15, -0.1) is 5.10 Å². The van der Waals surface area contributed by atoms with Crippen LogP contribution in [0, 0.1) is 0 Å². The molecule has 9 nitrogen and oxygen atoms in total. The molecular weight excluding hydrogens is 489 g/mol. The molecule has 35 heavy (non-hydrogen) atoms. The predicted molar refractivity (Wildman–Crippen MR) is 119 cm³/mol. The number of nitrogens with zero attached hydrogens (tertiary/aromatic N) is 6. The predicted octanol–water partition coefficient (Wildman–Crippen LogP) is 3.63. The summed E-state index contributed by atoms with van der Waals surface area (Å²) in [5, 5.41) is 8.58. The zero-order valence-electron chi connectivity index (χ0n) is 17.8. The monoisotopic (exact) mass is 502 g/mol. The van der Waals surface area contributed by atoms with Gasteiger partial charge in [0.1, 0.15) is 12.0 Å². The van der Waals surface area contributed by atoms with E-state index in [0.717, 1.165) is 26.1 Å². The minimum absolute atomic E-state index is 0.130. The van der Waals surface area contributed by atoms with Crippen molar-refractivity contribution in [2.75, 3.05) is 0 Å². The highest BCUT2D eigenvalue weighted by atomic mass is 35.5. The fourth-order valence-corrected chi connectivity index (χ4v) is 3.87. The second kappa shape index (κ2) is 8.24. The fraction of sp³-hybridized carbons (Fsp3) is 0.136. The van der Waals surface area contributed by atoms with Gasteiger partial charge in [0.25, 0.3) is 5.56 Å². The maximum Gasteiger partial charge on any atom is 0.433 e. The highest BCUT2D eigenvalue weighted by Gasteiger charge is 2.32. The van der Waals surface area contributed by atoms with E-state index in [1.165, 1.54) is 25.6 Å². The number of aryl methyl sites for hydroxylation is 1. The number of alkyl halides is 3. The first-order valence-corrected chi connectivity index (χ1v) is 10.4. The number of pyridine rings is 1. The number of rotatable bonds is 4. The molecule has 4 heterocycles. The van der Waals surface area contributed by atoms with Gasteiger partial charge in [0.15, 0.2) is 5.65 Å². The summed E-state index contributed by atoms with van der Waals surface area (Å²) in [6.07, 6.45) is -0.852. The third kappa shape index (κ3) is 3.91. The van der Waals surface area contributed by atoms with Crippen LogP contribution in [0.1, 0.15) is 11.3 Å². The summed E-state index contributed by atoms with van der Waals surface area (Å²) in [5.74, 6) is 0. The molecule has 0 saturated heterocycles. The van der Waals surface area contributed by atoms with Gasteiger partial charge in [-0.3, -0.25) is 9.78 Å². The van der Waals surface area contributed by atoms with Gasteiger partial charge in [0.05, 0.1) is 18.3 Å². The van der Waals surface area contributed by atoms with E-state index in [0.29, 0.717) is 27.3 Å². The molecule has 0 N–H and O–H groups in total. The molecule has 4 aromatic heterocycles. The van der Waals surface area contributed by atoms with Gasteiger partial charge >= 0.3 is 11.9 Å². The van der Waals surface area contributed by atoms with E-state index in [9.17, 15) is 22.8 Å². The van der Waals surface area contributed by atoms with Crippen LogP contribution >= 0.6 is 11.6 Å². The van der Waals surface area contributed by atoms with Crippen LogP contribution in [0.3, 0.4) is 0 Å². The molecule has 0 saturated carbocycles. The van der Waals surface area contributed by atoms with Gasteiger partial charge in [-0.25, -0.2) is 14.2 Å². The summed E-state index contributed by atoms with van der Waals surface area (Å²) >= 11 is 6.00. The fourth-order valence-electron chi connectivity index (χ4n) is 3.74. The average Bonchev–Trinajstić information content (AvgIpc) is 3.45. The van der Waals surface area contributed by atoms with E-state index in [1.54, 1.807) is 24.3 Å². The number of fused-ring (bicyclic) bond motifs is 1. The van der Waals surface area contributed by atoms with Crippen molar-refractivity contribution in [1.29, 1.82) is 0 Å². The third-order valence-corrected chi connectivity index (χ3v) is 5.65. The van der Waals surface area contributed by atoms with Crippen LogP contribution in [0.25, 0.3) is 27.9 Å². The SMILES string of the molecule is Cn1c(=O)c(-c2ccc(Cl)cc2)c(-c2cnoc2)c2nn(Cc3ccc(C(F)(F)F)nc3)c(=O)n21. The molecule has 0 aliphatic rings. The summed E-state index contributed by atoms with van der Waals surface area (Å²) in [6.45, 7) is -0.167. The van der Waals surface area contributed by atoms with Crippen LogP contribution in [0.5, 0.6) is 0 Å². The molecule has 5 aromatic rings. The van der Waals surface area contributed by atoms with Crippen molar-refractivity contribution in [2.24, 2.45) is 7.05 Å². The number of halogens is 4. The Bertz CT molecular complexity index is 1650. The quantitative estimate of drug-likeness (QED) is 0.372. The first kappa shape index (κ1) is 22.6. The lowest BCUT2D eigenvalue weighted by molar-refractivity contribution is -0.141. The van der Waals surface area contributed by atoms with Crippen molar-refractivity contribution in [2.45, 2.75) is 12.7 Å². The summed E-state index contributed by atoms with van der Waals surface area (Å²) in [5.41, 5.74) is -0.273.